The van der Waals surface area contributed by atoms with E-state index in [-0.39, 0.29) is 19.1 Å². The van der Waals surface area contributed by atoms with Gasteiger partial charge in [0.1, 0.15) is 13.2 Å². The fraction of sp³-hybridized carbons (Fsp3) is 0.927. The minimum absolute atomic E-state index is 0.0720. The van der Waals surface area contributed by atoms with Gasteiger partial charge in [-0.15, -0.1) is 0 Å². The van der Waals surface area contributed by atoms with Crippen LogP contribution in [0, 0.1) is 0 Å². The third kappa shape index (κ3) is 35.6. The number of phosphoric ester groups is 1. The summed E-state index contributed by atoms with van der Waals surface area (Å²) in [6.45, 7) is 4.86. The van der Waals surface area contributed by atoms with Gasteiger partial charge >= 0.3 is 7.82 Å². The molecule has 298 valence electrons. The Morgan fingerprint density at radius 1 is 0.660 bits per heavy atom. The van der Waals surface area contributed by atoms with Gasteiger partial charge < -0.3 is 19.8 Å². The minimum Gasteiger partial charge on any atom is -0.391 e. The Labute approximate surface area is 310 Å². The van der Waals surface area contributed by atoms with Crippen molar-refractivity contribution in [3.05, 3.63) is 12.2 Å². The van der Waals surface area contributed by atoms with Gasteiger partial charge in [-0.05, 0) is 38.5 Å². The average molecular weight is 732 g/mol. The third-order valence-corrected chi connectivity index (χ3v) is 10.5. The van der Waals surface area contributed by atoms with E-state index in [1.165, 1.54) is 122 Å². The summed E-state index contributed by atoms with van der Waals surface area (Å²) < 4.78 is 23.5. The molecule has 3 atom stereocenters. The first kappa shape index (κ1) is 49.2. The summed E-state index contributed by atoms with van der Waals surface area (Å²) in [5.74, 6) is -0.154. The second-order valence-corrected chi connectivity index (χ2v) is 17.2. The Bertz CT molecular complexity index is 834. The van der Waals surface area contributed by atoms with E-state index in [0.29, 0.717) is 23.9 Å². The summed E-state index contributed by atoms with van der Waals surface area (Å²) in [7, 11) is 1.60. The van der Waals surface area contributed by atoms with Crippen LogP contribution in [-0.2, 0) is 18.4 Å². The zero-order valence-electron chi connectivity index (χ0n) is 33.7. The zero-order valence-corrected chi connectivity index (χ0v) is 34.5. The van der Waals surface area contributed by atoms with Gasteiger partial charge in [0.2, 0.25) is 5.91 Å². The molecule has 0 rings (SSSR count). The highest BCUT2D eigenvalue weighted by molar-refractivity contribution is 7.47. The van der Waals surface area contributed by atoms with Gasteiger partial charge in [0, 0.05) is 6.42 Å². The second-order valence-electron chi connectivity index (χ2n) is 15.7. The predicted octanol–water partition coefficient (Wildman–Crippen LogP) is 11.2. The number of carbonyl (C=O) groups excluding carboxylic acids is 1. The first-order valence-corrected chi connectivity index (χ1v) is 22.5. The van der Waals surface area contributed by atoms with Crippen molar-refractivity contribution in [3.63, 3.8) is 0 Å². The SMILES string of the molecule is CCCCCCCCCC/C=C/CCCC[C@@H](O)[C@H](COP(=O)(O)OCC[N+](C)(C)C)NC(=O)CCCCCCCCCCCCCCCC. The highest BCUT2D eigenvalue weighted by atomic mass is 31.2. The molecular formula is C41H84N2O6P+. The molecule has 3 N–H and O–H groups in total. The summed E-state index contributed by atoms with van der Waals surface area (Å²) in [6, 6.07) is -0.769. The molecule has 9 heteroatoms. The Morgan fingerprint density at radius 2 is 1.08 bits per heavy atom. The van der Waals surface area contributed by atoms with Crippen molar-refractivity contribution < 1.29 is 32.9 Å². The molecule has 0 spiro atoms. The van der Waals surface area contributed by atoms with Gasteiger partial charge in [0.25, 0.3) is 0 Å². The van der Waals surface area contributed by atoms with E-state index in [9.17, 15) is 19.4 Å². The van der Waals surface area contributed by atoms with Crippen molar-refractivity contribution in [1.29, 1.82) is 0 Å². The third-order valence-electron chi connectivity index (χ3n) is 9.51. The lowest BCUT2D eigenvalue weighted by atomic mass is 10.0. The molecule has 0 aliphatic rings. The number of amides is 1. The van der Waals surface area contributed by atoms with Crippen LogP contribution in [0.25, 0.3) is 0 Å². The van der Waals surface area contributed by atoms with Crippen LogP contribution in [0.4, 0.5) is 0 Å². The largest absolute Gasteiger partial charge is 0.472 e. The number of hydrogen-bond acceptors (Lipinski definition) is 5. The van der Waals surface area contributed by atoms with E-state index in [0.717, 1.165) is 44.9 Å². The summed E-state index contributed by atoms with van der Waals surface area (Å²) >= 11 is 0. The monoisotopic (exact) mass is 732 g/mol. The molecule has 0 saturated heterocycles. The molecule has 0 radical (unpaired) electrons. The first-order valence-electron chi connectivity index (χ1n) is 21.1. The maximum Gasteiger partial charge on any atom is 0.472 e. The van der Waals surface area contributed by atoms with Crippen molar-refractivity contribution in [2.75, 3.05) is 40.9 Å². The van der Waals surface area contributed by atoms with Crippen molar-refractivity contribution in [1.82, 2.24) is 5.32 Å². The number of allylic oxidation sites excluding steroid dienone is 2. The van der Waals surface area contributed by atoms with Crippen LogP contribution in [0.15, 0.2) is 12.2 Å². The second kappa shape index (κ2) is 34.0. The van der Waals surface area contributed by atoms with Crippen LogP contribution in [-0.4, -0.2) is 73.4 Å². The smallest absolute Gasteiger partial charge is 0.391 e. The Balaban J connectivity index is 4.44. The minimum atomic E-state index is -4.31. The number of carbonyl (C=O) groups is 1. The van der Waals surface area contributed by atoms with Gasteiger partial charge in [-0.1, -0.05) is 161 Å². The number of phosphoric acid groups is 1. The van der Waals surface area contributed by atoms with Gasteiger partial charge in [-0.3, -0.25) is 13.8 Å². The van der Waals surface area contributed by atoms with E-state index in [4.69, 9.17) is 9.05 Å². The highest BCUT2D eigenvalue weighted by Crippen LogP contribution is 2.43. The van der Waals surface area contributed by atoms with Crippen LogP contribution < -0.4 is 5.32 Å². The lowest BCUT2D eigenvalue weighted by Gasteiger charge is -2.26. The number of aliphatic hydroxyl groups is 1. The molecular weight excluding hydrogens is 647 g/mol. The molecule has 8 nitrogen and oxygen atoms in total. The van der Waals surface area contributed by atoms with Gasteiger partial charge in [-0.2, -0.15) is 0 Å². The van der Waals surface area contributed by atoms with Crippen molar-refractivity contribution >= 4 is 13.7 Å². The molecule has 0 aliphatic carbocycles. The molecule has 0 aromatic heterocycles. The van der Waals surface area contributed by atoms with Crippen molar-refractivity contribution in [2.24, 2.45) is 0 Å². The van der Waals surface area contributed by atoms with E-state index < -0.39 is 20.0 Å². The number of likely N-dealkylation sites (N-methyl/N-ethyl adjacent to an activating group) is 1. The van der Waals surface area contributed by atoms with Crippen molar-refractivity contribution in [2.45, 2.75) is 206 Å². The van der Waals surface area contributed by atoms with Gasteiger partial charge in [-0.25, -0.2) is 4.57 Å². The molecule has 1 unspecified atom stereocenters. The van der Waals surface area contributed by atoms with E-state index in [1.54, 1.807) is 0 Å². The number of nitrogens with one attached hydrogen (secondary N) is 1. The van der Waals surface area contributed by atoms with Gasteiger partial charge in [0.15, 0.2) is 0 Å². The standard InChI is InChI=1S/C41H83N2O6P/c1-6-8-10-12-14-16-18-20-22-24-26-28-30-32-34-40(44)39(38-49-50(46,47)48-37-36-43(3,4)5)42-41(45)35-33-31-29-27-25-23-21-19-17-15-13-11-9-7-2/h24,26,39-40,44H,6-23,25,27-38H2,1-5H3,(H-,42,45,46,47)/p+1/b26-24+/t39-,40+/m0/s1. The molecule has 0 aliphatic heterocycles. The van der Waals surface area contributed by atoms with Crippen LogP contribution in [0.5, 0.6) is 0 Å². The lowest BCUT2D eigenvalue weighted by Crippen LogP contribution is -2.46. The summed E-state index contributed by atoms with van der Waals surface area (Å²) in [5.41, 5.74) is 0. The number of quaternary nitrogens is 1. The number of nitrogens with zero attached hydrogens (tertiary/aromatic N) is 1. The Kier molecular flexibility index (Phi) is 33.5. The van der Waals surface area contributed by atoms with Crippen LogP contribution in [0.1, 0.15) is 194 Å². The zero-order chi connectivity index (χ0) is 37.2. The number of aliphatic hydroxyl groups excluding tert-OH is 1. The maximum absolute atomic E-state index is 12.8. The summed E-state index contributed by atoms with van der Waals surface area (Å²) in [5, 5.41) is 13.9. The number of hydrogen-bond donors (Lipinski definition) is 3. The molecule has 0 heterocycles. The fourth-order valence-electron chi connectivity index (χ4n) is 6.10. The summed E-state index contributed by atoms with van der Waals surface area (Å²) in [4.78, 5) is 23.1. The van der Waals surface area contributed by atoms with Gasteiger partial charge in [0.05, 0.1) is 39.9 Å². The maximum atomic E-state index is 12.8. The molecule has 0 bridgehead atoms. The first-order chi connectivity index (χ1) is 24.0. The molecule has 0 aromatic carbocycles. The quantitative estimate of drug-likeness (QED) is 0.0253. The van der Waals surface area contributed by atoms with Crippen LogP contribution in [0.2, 0.25) is 0 Å². The Morgan fingerprint density at radius 3 is 1.54 bits per heavy atom. The normalized spacial score (nSPS) is 14.6. The molecule has 0 fully saturated rings. The molecule has 0 saturated carbocycles. The number of rotatable bonds is 38. The lowest BCUT2D eigenvalue weighted by molar-refractivity contribution is -0.870. The van der Waals surface area contributed by atoms with E-state index in [2.05, 4.69) is 31.3 Å². The van der Waals surface area contributed by atoms with Crippen molar-refractivity contribution in [3.8, 4) is 0 Å². The predicted molar refractivity (Wildman–Crippen MR) is 212 cm³/mol. The van der Waals surface area contributed by atoms with E-state index in [1.807, 2.05) is 21.1 Å². The van der Waals surface area contributed by atoms with E-state index >= 15 is 0 Å². The Hall–Kier alpha value is -0.760. The molecule has 0 aromatic rings. The van der Waals surface area contributed by atoms with Crippen LogP contribution in [0.3, 0.4) is 0 Å². The average Bonchev–Trinajstić information content (AvgIpc) is 3.06. The molecule has 50 heavy (non-hydrogen) atoms. The van der Waals surface area contributed by atoms with Crippen LogP contribution >= 0.6 is 7.82 Å². The molecule has 1 amide bonds. The highest BCUT2D eigenvalue weighted by Gasteiger charge is 2.28. The fourth-order valence-corrected chi connectivity index (χ4v) is 6.83. The topological polar surface area (TPSA) is 105 Å². The number of unbranched alkanes of at least 4 members (excludes halogenated alkanes) is 23. The summed E-state index contributed by atoms with van der Waals surface area (Å²) in [6.07, 6.45) is 36.6.